The van der Waals surface area contributed by atoms with Gasteiger partial charge in [-0.1, -0.05) is 18.2 Å². The van der Waals surface area contributed by atoms with Crippen molar-refractivity contribution in [3.63, 3.8) is 0 Å². The highest BCUT2D eigenvalue weighted by Gasteiger charge is 2.32. The highest BCUT2D eigenvalue weighted by atomic mass is 79.9. The van der Waals surface area contributed by atoms with Crippen molar-refractivity contribution in [2.24, 2.45) is 5.73 Å². The molecule has 43 heavy (non-hydrogen) atoms. The smallest absolute Gasteiger partial charge is 0.416 e. The third-order valence-corrected chi connectivity index (χ3v) is 6.51. The molecule has 2 aromatic heterocycles. The van der Waals surface area contributed by atoms with E-state index in [-0.39, 0.29) is 34.2 Å². The van der Waals surface area contributed by atoms with E-state index in [2.05, 4.69) is 25.9 Å². The lowest BCUT2D eigenvalue weighted by Gasteiger charge is -2.25. The molecule has 0 saturated heterocycles. The molecule has 0 aliphatic rings. The average Bonchev–Trinajstić information content (AvgIpc) is 3.34. The van der Waals surface area contributed by atoms with Gasteiger partial charge in [0.15, 0.2) is 22.3 Å². The summed E-state index contributed by atoms with van der Waals surface area (Å²) in [4.78, 5) is 33.0. The zero-order valence-electron chi connectivity index (χ0n) is 21.9. The Bertz CT molecular complexity index is 1630. The molecule has 2 amide bonds. The average molecular weight is 671 g/mol. The highest BCUT2D eigenvalue weighted by Crippen LogP contribution is 2.36. The molecule has 3 N–H and O–H groups in total. The van der Waals surface area contributed by atoms with Gasteiger partial charge in [0.05, 0.1) is 25.8 Å². The summed E-state index contributed by atoms with van der Waals surface area (Å²) in [6.07, 6.45) is -6.17. The number of carboxylic acid groups (broad SMARTS) is 1. The summed E-state index contributed by atoms with van der Waals surface area (Å²) in [6, 6.07) is 8.60. The topological polar surface area (TPSA) is 141 Å². The number of halogens is 6. The third kappa shape index (κ3) is 7.20. The van der Waals surface area contributed by atoms with Gasteiger partial charge in [-0.05, 0) is 45.8 Å². The van der Waals surface area contributed by atoms with Crippen LogP contribution in [0.25, 0.3) is 11.3 Å². The molecule has 4 rings (SSSR count). The van der Waals surface area contributed by atoms with Crippen LogP contribution in [0.3, 0.4) is 0 Å². The monoisotopic (exact) mass is 670 g/mol. The first-order valence-corrected chi connectivity index (χ1v) is 12.8. The summed E-state index contributed by atoms with van der Waals surface area (Å²) in [6.45, 7) is -0.790. The normalized spacial score (nSPS) is 12.1. The SMILES string of the molecule is COc1ccc(CN(CC(Oc2ccc(F)c(C(N)=O)c2F)c2nc(-c3ccc(C(F)(F)F)cc3)c(Br)o2)C(=O)O)cn1. The Balaban J connectivity index is 1.73. The van der Waals surface area contributed by atoms with Crippen molar-refractivity contribution >= 4 is 27.9 Å². The predicted octanol–water partition coefficient (Wildman–Crippen LogP) is 6.20. The Kier molecular flexibility index (Phi) is 9.18. The van der Waals surface area contributed by atoms with Gasteiger partial charge in [-0.2, -0.15) is 13.2 Å². The van der Waals surface area contributed by atoms with Gasteiger partial charge in [0, 0.05) is 17.8 Å². The summed E-state index contributed by atoms with van der Waals surface area (Å²) in [7, 11) is 1.40. The number of benzene rings is 2. The Hall–Kier alpha value is -4.73. The van der Waals surface area contributed by atoms with Crippen LogP contribution in [0.2, 0.25) is 0 Å². The van der Waals surface area contributed by atoms with Gasteiger partial charge in [0.2, 0.25) is 11.8 Å². The molecule has 0 saturated carbocycles. The van der Waals surface area contributed by atoms with E-state index in [0.717, 1.165) is 41.3 Å². The van der Waals surface area contributed by atoms with Crippen LogP contribution in [-0.2, 0) is 12.7 Å². The standard InChI is InChI=1S/C27H20BrF5N4O6/c1-41-19-9-2-13(10-35-19)11-37(26(39)40)12-18(42-17-8-7-16(29)20(21(17)30)24(34)38)25-36-22(23(28)43-25)14-3-5-15(6-4-14)27(31,32)33/h2-10,18H,11-12H2,1H3,(H2,34,38)(H,39,40). The van der Waals surface area contributed by atoms with Gasteiger partial charge in [-0.15, -0.1) is 0 Å². The number of methoxy groups -OCH3 is 1. The first-order chi connectivity index (χ1) is 20.3. The van der Waals surface area contributed by atoms with E-state index in [4.69, 9.17) is 19.6 Å². The fourth-order valence-electron chi connectivity index (χ4n) is 3.88. The minimum atomic E-state index is -4.58. The van der Waals surface area contributed by atoms with Crippen LogP contribution >= 0.6 is 15.9 Å². The molecular formula is C27H20BrF5N4O6. The molecule has 0 radical (unpaired) electrons. The van der Waals surface area contributed by atoms with Crippen LogP contribution in [0.5, 0.6) is 11.6 Å². The van der Waals surface area contributed by atoms with Crippen molar-refractivity contribution < 1.29 is 50.5 Å². The minimum Gasteiger partial charge on any atom is -0.481 e. The summed E-state index contributed by atoms with van der Waals surface area (Å²) < 4.78 is 84.5. The van der Waals surface area contributed by atoms with E-state index in [0.29, 0.717) is 5.56 Å². The lowest BCUT2D eigenvalue weighted by molar-refractivity contribution is -0.137. The largest absolute Gasteiger partial charge is 0.481 e. The van der Waals surface area contributed by atoms with Gasteiger partial charge in [-0.3, -0.25) is 9.69 Å². The first kappa shape index (κ1) is 31.2. The van der Waals surface area contributed by atoms with Crippen molar-refractivity contribution in [1.29, 1.82) is 0 Å². The molecular weight excluding hydrogens is 651 g/mol. The first-order valence-electron chi connectivity index (χ1n) is 12.0. The van der Waals surface area contributed by atoms with Crippen molar-refractivity contribution in [2.45, 2.75) is 18.8 Å². The summed E-state index contributed by atoms with van der Waals surface area (Å²) in [5.41, 5.74) is 3.75. The number of amides is 2. The van der Waals surface area contributed by atoms with Crippen molar-refractivity contribution in [3.8, 4) is 22.9 Å². The predicted molar refractivity (Wildman–Crippen MR) is 142 cm³/mol. The van der Waals surface area contributed by atoms with Crippen LogP contribution < -0.4 is 15.2 Å². The van der Waals surface area contributed by atoms with Gasteiger partial charge in [-0.25, -0.2) is 23.5 Å². The number of carbonyl (C=O) groups excluding carboxylic acids is 1. The molecule has 0 fully saturated rings. The molecule has 0 bridgehead atoms. The maximum absolute atomic E-state index is 15.1. The van der Waals surface area contributed by atoms with Crippen LogP contribution in [0, 0.1) is 11.6 Å². The molecule has 10 nitrogen and oxygen atoms in total. The highest BCUT2D eigenvalue weighted by molar-refractivity contribution is 9.10. The van der Waals surface area contributed by atoms with Crippen LogP contribution in [0.15, 0.2) is 63.8 Å². The van der Waals surface area contributed by atoms with E-state index in [9.17, 15) is 32.3 Å². The lowest BCUT2D eigenvalue weighted by atomic mass is 10.1. The van der Waals surface area contributed by atoms with Gasteiger partial charge >= 0.3 is 12.3 Å². The number of ether oxygens (including phenoxy) is 2. The quantitative estimate of drug-likeness (QED) is 0.190. The Morgan fingerprint density at radius 1 is 1.12 bits per heavy atom. The van der Waals surface area contributed by atoms with Crippen LogP contribution in [-0.4, -0.2) is 45.6 Å². The number of pyridine rings is 1. The molecule has 0 aliphatic heterocycles. The number of rotatable bonds is 10. The van der Waals surface area contributed by atoms with Crippen molar-refractivity contribution in [3.05, 3.63) is 93.6 Å². The second kappa shape index (κ2) is 12.6. The van der Waals surface area contributed by atoms with E-state index in [1.807, 2.05) is 0 Å². The summed E-state index contributed by atoms with van der Waals surface area (Å²) in [5, 5.41) is 9.92. The number of oxazole rings is 1. The van der Waals surface area contributed by atoms with Gasteiger partial charge in [0.1, 0.15) is 17.1 Å². The fraction of sp³-hybridized carbons (Fsp3) is 0.185. The molecule has 0 spiro atoms. The maximum Gasteiger partial charge on any atom is 0.416 e. The van der Waals surface area contributed by atoms with E-state index >= 15 is 4.39 Å². The number of primary amides is 1. The van der Waals surface area contributed by atoms with E-state index in [1.54, 1.807) is 6.07 Å². The van der Waals surface area contributed by atoms with Crippen LogP contribution in [0.4, 0.5) is 26.7 Å². The summed E-state index contributed by atoms with van der Waals surface area (Å²) >= 11 is 3.14. The molecule has 2 aromatic carbocycles. The Morgan fingerprint density at radius 3 is 2.37 bits per heavy atom. The second-order valence-corrected chi connectivity index (χ2v) is 9.55. The molecule has 2 heterocycles. The molecule has 4 aromatic rings. The van der Waals surface area contributed by atoms with E-state index < -0.39 is 59.3 Å². The van der Waals surface area contributed by atoms with E-state index in [1.165, 1.54) is 19.4 Å². The Morgan fingerprint density at radius 2 is 1.81 bits per heavy atom. The number of hydrogen-bond donors (Lipinski definition) is 2. The lowest BCUT2D eigenvalue weighted by Crippen LogP contribution is -2.35. The second-order valence-electron chi connectivity index (χ2n) is 8.83. The molecule has 1 atom stereocenters. The van der Waals surface area contributed by atoms with Crippen molar-refractivity contribution in [1.82, 2.24) is 14.9 Å². The molecule has 1 unspecified atom stereocenters. The third-order valence-electron chi connectivity index (χ3n) is 5.97. The minimum absolute atomic E-state index is 0.0240. The Labute approximate surface area is 248 Å². The van der Waals surface area contributed by atoms with Crippen LogP contribution in [0.1, 0.15) is 33.5 Å². The molecule has 16 heteroatoms. The van der Waals surface area contributed by atoms with Gasteiger partial charge < -0.3 is 24.7 Å². The number of aromatic nitrogens is 2. The summed E-state index contributed by atoms with van der Waals surface area (Å²) in [5.74, 6) is -4.85. The fourth-order valence-corrected chi connectivity index (χ4v) is 4.36. The van der Waals surface area contributed by atoms with Gasteiger partial charge in [0.25, 0.3) is 5.91 Å². The number of nitrogens with two attached hydrogens (primary N) is 1. The number of hydrogen-bond acceptors (Lipinski definition) is 7. The maximum atomic E-state index is 15.1. The molecule has 226 valence electrons. The van der Waals surface area contributed by atoms with Crippen molar-refractivity contribution in [2.75, 3.05) is 13.7 Å². The zero-order chi connectivity index (χ0) is 31.5. The zero-order valence-corrected chi connectivity index (χ0v) is 23.4. The number of carbonyl (C=O) groups is 2. The number of alkyl halides is 3. The number of nitrogens with zero attached hydrogens (tertiary/aromatic N) is 3. The molecule has 0 aliphatic carbocycles.